The molecule has 0 spiro atoms. The predicted octanol–water partition coefficient (Wildman–Crippen LogP) is 4.90. The summed E-state index contributed by atoms with van der Waals surface area (Å²) in [7, 11) is 1.63. The van der Waals surface area contributed by atoms with E-state index in [-0.39, 0.29) is 12.0 Å². The molecule has 0 aliphatic carbocycles. The third-order valence-electron chi connectivity index (χ3n) is 6.51. The van der Waals surface area contributed by atoms with E-state index in [9.17, 15) is 4.79 Å². The molecular weight excluding hydrogens is 480 g/mol. The predicted molar refractivity (Wildman–Crippen MR) is 144 cm³/mol. The summed E-state index contributed by atoms with van der Waals surface area (Å²) >= 11 is 0. The molecule has 2 aromatic carbocycles. The van der Waals surface area contributed by atoms with Gasteiger partial charge >= 0.3 is 0 Å². The number of aryl methyl sites for hydroxylation is 2. The molecule has 8 heteroatoms. The SMILES string of the molecule is COc1cc(CN(Cc2cccnc2)C(=O)c2cccc(-n3nc(C)cc3C)c2)ccc1OC1CCOC1. The number of ether oxygens (including phenoxy) is 3. The van der Waals surface area contributed by atoms with Gasteiger partial charge in [0.2, 0.25) is 0 Å². The first-order valence-corrected chi connectivity index (χ1v) is 12.7. The molecule has 1 aliphatic heterocycles. The molecule has 1 atom stereocenters. The average Bonchev–Trinajstić information content (AvgIpc) is 3.58. The fourth-order valence-corrected chi connectivity index (χ4v) is 4.67. The number of amides is 1. The second-order valence-electron chi connectivity index (χ2n) is 9.50. The van der Waals surface area contributed by atoms with Crippen molar-refractivity contribution in [1.29, 1.82) is 0 Å². The number of hydrogen-bond donors (Lipinski definition) is 0. The summed E-state index contributed by atoms with van der Waals surface area (Å²) in [6, 6.07) is 19.3. The summed E-state index contributed by atoms with van der Waals surface area (Å²) in [5.41, 5.74) is 5.26. The Hall–Kier alpha value is -4.17. The van der Waals surface area contributed by atoms with Crippen molar-refractivity contribution < 1.29 is 19.0 Å². The van der Waals surface area contributed by atoms with Crippen molar-refractivity contribution >= 4 is 5.91 Å². The topological polar surface area (TPSA) is 78.7 Å². The van der Waals surface area contributed by atoms with Gasteiger partial charge in [-0.05, 0) is 67.4 Å². The van der Waals surface area contributed by atoms with Crippen LogP contribution in [0.4, 0.5) is 0 Å². The minimum absolute atomic E-state index is 0.0212. The lowest BCUT2D eigenvalue weighted by molar-refractivity contribution is 0.0729. The van der Waals surface area contributed by atoms with Gasteiger partial charge in [0, 0.05) is 43.2 Å². The first-order chi connectivity index (χ1) is 18.5. The highest BCUT2D eigenvalue weighted by Gasteiger charge is 2.21. The second-order valence-corrected chi connectivity index (χ2v) is 9.50. The van der Waals surface area contributed by atoms with E-state index in [1.165, 1.54) is 0 Å². The minimum atomic E-state index is -0.0837. The Balaban J connectivity index is 1.42. The van der Waals surface area contributed by atoms with Crippen molar-refractivity contribution in [2.24, 2.45) is 0 Å². The lowest BCUT2D eigenvalue weighted by Gasteiger charge is -2.24. The molecule has 5 rings (SSSR count). The summed E-state index contributed by atoms with van der Waals surface area (Å²) in [5.74, 6) is 1.23. The van der Waals surface area contributed by atoms with Crippen LogP contribution in [0.5, 0.6) is 11.5 Å². The molecular formula is C30H32N4O4. The van der Waals surface area contributed by atoms with Crippen molar-refractivity contribution in [1.82, 2.24) is 19.7 Å². The molecule has 8 nitrogen and oxygen atoms in total. The van der Waals surface area contributed by atoms with Gasteiger partial charge in [-0.1, -0.05) is 18.2 Å². The Labute approximate surface area is 222 Å². The van der Waals surface area contributed by atoms with Crippen LogP contribution in [0.2, 0.25) is 0 Å². The number of rotatable bonds is 9. The molecule has 1 unspecified atom stereocenters. The first kappa shape index (κ1) is 25.5. The second kappa shape index (κ2) is 11.5. The number of pyridine rings is 1. The van der Waals surface area contributed by atoms with Crippen LogP contribution in [0.15, 0.2) is 73.1 Å². The number of methoxy groups -OCH3 is 1. The van der Waals surface area contributed by atoms with Crippen molar-refractivity contribution in [2.75, 3.05) is 20.3 Å². The van der Waals surface area contributed by atoms with Gasteiger partial charge in [-0.15, -0.1) is 0 Å². The quantitative estimate of drug-likeness (QED) is 0.317. The van der Waals surface area contributed by atoms with E-state index in [4.69, 9.17) is 14.2 Å². The minimum Gasteiger partial charge on any atom is -0.493 e. The zero-order valence-electron chi connectivity index (χ0n) is 22.0. The molecule has 0 radical (unpaired) electrons. The lowest BCUT2D eigenvalue weighted by Crippen LogP contribution is -2.30. The van der Waals surface area contributed by atoms with E-state index in [0.29, 0.717) is 43.4 Å². The fraction of sp³-hybridized carbons (Fsp3) is 0.300. The maximum absolute atomic E-state index is 13.9. The van der Waals surface area contributed by atoms with Gasteiger partial charge in [0.25, 0.3) is 5.91 Å². The fourth-order valence-electron chi connectivity index (χ4n) is 4.67. The number of benzene rings is 2. The molecule has 1 fully saturated rings. The Morgan fingerprint density at radius 3 is 2.63 bits per heavy atom. The van der Waals surface area contributed by atoms with Gasteiger partial charge in [0.15, 0.2) is 11.5 Å². The Morgan fingerprint density at radius 1 is 1.05 bits per heavy atom. The van der Waals surface area contributed by atoms with Crippen molar-refractivity contribution in [3.8, 4) is 17.2 Å². The standard InChI is InChI=1S/C30H32N4O4/c1-21-14-22(2)34(32-21)26-8-4-7-25(16-26)30(35)33(19-24-6-5-12-31-17-24)18-23-9-10-28(29(15-23)36-3)38-27-11-13-37-20-27/h4-10,12,14-17,27H,11,13,18-20H2,1-3H3. The zero-order valence-corrected chi connectivity index (χ0v) is 22.0. The smallest absolute Gasteiger partial charge is 0.254 e. The molecule has 38 heavy (non-hydrogen) atoms. The summed E-state index contributed by atoms with van der Waals surface area (Å²) in [4.78, 5) is 19.9. The monoisotopic (exact) mass is 512 g/mol. The van der Waals surface area contributed by atoms with Gasteiger partial charge < -0.3 is 19.1 Å². The van der Waals surface area contributed by atoms with E-state index in [1.807, 2.05) is 84.1 Å². The summed E-state index contributed by atoms with van der Waals surface area (Å²) in [6.07, 6.45) is 4.39. The van der Waals surface area contributed by atoms with Crippen LogP contribution in [0.1, 0.15) is 39.3 Å². The van der Waals surface area contributed by atoms with Crippen molar-refractivity contribution in [2.45, 2.75) is 39.5 Å². The summed E-state index contributed by atoms with van der Waals surface area (Å²) in [5, 5.41) is 4.58. The van der Waals surface area contributed by atoms with E-state index < -0.39 is 0 Å². The molecule has 1 aliphatic rings. The van der Waals surface area contributed by atoms with E-state index in [1.54, 1.807) is 19.5 Å². The van der Waals surface area contributed by atoms with Crippen LogP contribution in [0, 0.1) is 13.8 Å². The van der Waals surface area contributed by atoms with Gasteiger partial charge in [-0.25, -0.2) is 4.68 Å². The molecule has 2 aromatic heterocycles. The highest BCUT2D eigenvalue weighted by Crippen LogP contribution is 2.31. The summed E-state index contributed by atoms with van der Waals surface area (Å²) in [6.45, 7) is 6.05. The maximum Gasteiger partial charge on any atom is 0.254 e. The molecule has 4 aromatic rings. The molecule has 0 bridgehead atoms. The van der Waals surface area contributed by atoms with Crippen molar-refractivity contribution in [3.05, 3.63) is 101 Å². The Bertz CT molecular complexity index is 1400. The van der Waals surface area contributed by atoms with Crippen LogP contribution in [0.25, 0.3) is 5.69 Å². The average molecular weight is 513 g/mol. The number of nitrogens with zero attached hydrogens (tertiary/aromatic N) is 4. The molecule has 0 saturated carbocycles. The van der Waals surface area contributed by atoms with E-state index >= 15 is 0 Å². The van der Waals surface area contributed by atoms with Crippen LogP contribution in [-0.2, 0) is 17.8 Å². The van der Waals surface area contributed by atoms with Crippen LogP contribution < -0.4 is 9.47 Å². The molecule has 1 saturated heterocycles. The lowest BCUT2D eigenvalue weighted by atomic mass is 10.1. The third kappa shape index (κ3) is 5.86. The number of carbonyl (C=O) groups excluding carboxylic acids is 1. The molecule has 3 heterocycles. The third-order valence-corrected chi connectivity index (χ3v) is 6.51. The number of aromatic nitrogens is 3. The normalized spacial score (nSPS) is 14.9. The van der Waals surface area contributed by atoms with Crippen molar-refractivity contribution in [3.63, 3.8) is 0 Å². The van der Waals surface area contributed by atoms with Crippen LogP contribution >= 0.6 is 0 Å². The molecule has 1 amide bonds. The van der Waals surface area contributed by atoms with Gasteiger partial charge in [-0.2, -0.15) is 5.10 Å². The van der Waals surface area contributed by atoms with E-state index in [0.717, 1.165) is 34.6 Å². The Morgan fingerprint density at radius 2 is 1.92 bits per heavy atom. The zero-order chi connectivity index (χ0) is 26.5. The van der Waals surface area contributed by atoms with Crippen LogP contribution in [0.3, 0.4) is 0 Å². The summed E-state index contributed by atoms with van der Waals surface area (Å²) < 4.78 is 19.0. The maximum atomic E-state index is 13.9. The number of carbonyl (C=O) groups is 1. The molecule has 0 N–H and O–H groups in total. The first-order valence-electron chi connectivity index (χ1n) is 12.7. The highest BCUT2D eigenvalue weighted by atomic mass is 16.6. The van der Waals surface area contributed by atoms with E-state index in [2.05, 4.69) is 10.1 Å². The molecule has 196 valence electrons. The van der Waals surface area contributed by atoms with Gasteiger partial charge in [-0.3, -0.25) is 9.78 Å². The van der Waals surface area contributed by atoms with Gasteiger partial charge in [0.05, 0.1) is 31.7 Å². The van der Waals surface area contributed by atoms with Gasteiger partial charge in [0.1, 0.15) is 6.10 Å². The van der Waals surface area contributed by atoms with Crippen LogP contribution in [-0.4, -0.2) is 52.0 Å². The Kier molecular flexibility index (Phi) is 7.70. The number of hydrogen-bond acceptors (Lipinski definition) is 6. The highest BCUT2D eigenvalue weighted by molar-refractivity contribution is 5.94. The largest absolute Gasteiger partial charge is 0.493 e.